The zero-order valence-corrected chi connectivity index (χ0v) is 18.2. The molecule has 0 aliphatic carbocycles. The average Bonchev–Trinajstić information content (AvgIpc) is 3.04. The van der Waals surface area contributed by atoms with E-state index in [2.05, 4.69) is 0 Å². The highest BCUT2D eigenvalue weighted by molar-refractivity contribution is 5.97. The van der Waals surface area contributed by atoms with E-state index in [1.807, 2.05) is 19.9 Å². The molecule has 3 rings (SSSR count). The quantitative estimate of drug-likeness (QED) is 0.488. The Kier molecular flexibility index (Phi) is 7.64. The molecule has 0 radical (unpaired) electrons. The van der Waals surface area contributed by atoms with Crippen molar-refractivity contribution in [3.8, 4) is 11.5 Å². The molecule has 170 valence electrons. The standard InChI is InChI=1S/C23H27N3O6/c1-17(2)16-31-23(28)25-12-6-11-24(13-14-25)22(27)20-15-18(26(29)30)9-10-21(20)32-19-7-4-3-5-8-19/h3-5,7-10,15,17H,6,11-14,16H2,1-2H3. The van der Waals surface area contributed by atoms with Crippen LogP contribution in [0.4, 0.5) is 10.5 Å². The highest BCUT2D eigenvalue weighted by Crippen LogP contribution is 2.30. The van der Waals surface area contributed by atoms with Gasteiger partial charge in [-0.25, -0.2) is 4.79 Å². The highest BCUT2D eigenvalue weighted by atomic mass is 16.6. The summed E-state index contributed by atoms with van der Waals surface area (Å²) < 4.78 is 11.1. The number of ether oxygens (including phenoxy) is 2. The second-order valence-corrected chi connectivity index (χ2v) is 7.96. The normalized spacial score (nSPS) is 14.1. The molecule has 1 aliphatic heterocycles. The van der Waals surface area contributed by atoms with Gasteiger partial charge in [-0.15, -0.1) is 0 Å². The number of para-hydroxylation sites is 1. The Labute approximate surface area is 186 Å². The van der Waals surface area contributed by atoms with Gasteiger partial charge in [-0.1, -0.05) is 32.0 Å². The molecule has 0 spiro atoms. The molecule has 0 saturated carbocycles. The number of hydrogen-bond donors (Lipinski definition) is 0. The number of carbonyl (C=O) groups is 2. The number of hydrogen-bond acceptors (Lipinski definition) is 6. The summed E-state index contributed by atoms with van der Waals surface area (Å²) in [5.41, 5.74) is -0.0821. The molecule has 0 aromatic heterocycles. The fourth-order valence-corrected chi connectivity index (χ4v) is 3.31. The van der Waals surface area contributed by atoms with Crippen LogP contribution in [-0.4, -0.2) is 59.5 Å². The molecule has 0 bridgehead atoms. The molecule has 0 unspecified atom stereocenters. The van der Waals surface area contributed by atoms with Gasteiger partial charge in [-0.05, 0) is 30.5 Å². The molecule has 2 aromatic carbocycles. The molecule has 2 amide bonds. The van der Waals surface area contributed by atoms with E-state index >= 15 is 0 Å². The van der Waals surface area contributed by atoms with Gasteiger partial charge in [0, 0.05) is 38.3 Å². The summed E-state index contributed by atoms with van der Waals surface area (Å²) in [7, 11) is 0. The van der Waals surface area contributed by atoms with E-state index in [9.17, 15) is 19.7 Å². The maximum absolute atomic E-state index is 13.3. The number of amides is 2. The van der Waals surface area contributed by atoms with Crippen molar-refractivity contribution in [3.63, 3.8) is 0 Å². The maximum atomic E-state index is 13.3. The van der Waals surface area contributed by atoms with Crippen molar-refractivity contribution < 1.29 is 24.0 Å². The Hall–Kier alpha value is -3.62. The number of nitrogens with zero attached hydrogens (tertiary/aromatic N) is 3. The summed E-state index contributed by atoms with van der Waals surface area (Å²) >= 11 is 0. The van der Waals surface area contributed by atoms with Crippen molar-refractivity contribution >= 4 is 17.7 Å². The van der Waals surface area contributed by atoms with Gasteiger partial charge in [-0.3, -0.25) is 14.9 Å². The summed E-state index contributed by atoms with van der Waals surface area (Å²) in [6.07, 6.45) is 0.184. The zero-order valence-electron chi connectivity index (χ0n) is 18.2. The lowest BCUT2D eigenvalue weighted by Crippen LogP contribution is -2.38. The Morgan fingerprint density at radius 1 is 1.03 bits per heavy atom. The first-order valence-corrected chi connectivity index (χ1v) is 10.6. The van der Waals surface area contributed by atoms with Crippen LogP contribution in [0.3, 0.4) is 0 Å². The topological polar surface area (TPSA) is 102 Å². The van der Waals surface area contributed by atoms with E-state index in [1.165, 1.54) is 18.2 Å². The Morgan fingerprint density at radius 2 is 1.72 bits per heavy atom. The van der Waals surface area contributed by atoms with Crippen molar-refractivity contribution in [1.82, 2.24) is 9.80 Å². The van der Waals surface area contributed by atoms with Gasteiger partial charge in [0.2, 0.25) is 0 Å². The van der Waals surface area contributed by atoms with E-state index in [0.29, 0.717) is 45.0 Å². The van der Waals surface area contributed by atoms with Crippen LogP contribution in [0.15, 0.2) is 48.5 Å². The lowest BCUT2D eigenvalue weighted by molar-refractivity contribution is -0.384. The number of nitro groups is 1. The monoisotopic (exact) mass is 441 g/mol. The molecular formula is C23H27N3O6. The first-order chi connectivity index (χ1) is 15.3. The maximum Gasteiger partial charge on any atom is 0.409 e. The predicted octanol–water partition coefficient (Wildman–Crippen LogP) is 4.33. The smallest absolute Gasteiger partial charge is 0.409 e. The summed E-state index contributed by atoms with van der Waals surface area (Å²) in [4.78, 5) is 39.5. The van der Waals surface area contributed by atoms with E-state index in [0.717, 1.165) is 0 Å². The van der Waals surface area contributed by atoms with E-state index in [1.54, 1.807) is 34.1 Å². The van der Waals surface area contributed by atoms with Crippen molar-refractivity contribution in [2.45, 2.75) is 20.3 Å². The number of nitro benzene ring substituents is 1. The molecule has 0 atom stereocenters. The fraction of sp³-hybridized carbons (Fsp3) is 0.391. The van der Waals surface area contributed by atoms with Crippen molar-refractivity contribution in [3.05, 3.63) is 64.2 Å². The van der Waals surface area contributed by atoms with E-state index < -0.39 is 11.0 Å². The minimum Gasteiger partial charge on any atom is -0.457 e. The van der Waals surface area contributed by atoms with Gasteiger partial charge in [0.05, 0.1) is 17.1 Å². The minimum absolute atomic E-state index is 0.110. The van der Waals surface area contributed by atoms with Crippen LogP contribution < -0.4 is 4.74 Å². The van der Waals surface area contributed by atoms with Gasteiger partial charge in [0.25, 0.3) is 11.6 Å². The number of carbonyl (C=O) groups excluding carboxylic acids is 2. The third-order valence-electron chi connectivity index (χ3n) is 4.96. The van der Waals surface area contributed by atoms with Crippen LogP contribution in [0.2, 0.25) is 0 Å². The summed E-state index contributed by atoms with van der Waals surface area (Å²) in [5.74, 6) is 0.618. The Morgan fingerprint density at radius 3 is 2.41 bits per heavy atom. The first-order valence-electron chi connectivity index (χ1n) is 10.6. The summed E-state index contributed by atoms with van der Waals surface area (Å²) in [6, 6.07) is 12.9. The Bertz CT molecular complexity index is 963. The predicted molar refractivity (Wildman–Crippen MR) is 118 cm³/mol. The largest absolute Gasteiger partial charge is 0.457 e. The number of rotatable bonds is 6. The van der Waals surface area contributed by atoms with Gasteiger partial charge in [0.1, 0.15) is 11.5 Å². The fourth-order valence-electron chi connectivity index (χ4n) is 3.31. The summed E-state index contributed by atoms with van der Waals surface area (Å²) in [6.45, 7) is 5.78. The van der Waals surface area contributed by atoms with Crippen LogP contribution in [0.25, 0.3) is 0 Å². The van der Waals surface area contributed by atoms with Crippen LogP contribution in [0.1, 0.15) is 30.6 Å². The lowest BCUT2D eigenvalue weighted by Gasteiger charge is -2.23. The molecule has 9 nitrogen and oxygen atoms in total. The first kappa shape index (κ1) is 23.1. The third kappa shape index (κ3) is 5.96. The van der Waals surface area contributed by atoms with Gasteiger partial charge >= 0.3 is 6.09 Å². The molecule has 32 heavy (non-hydrogen) atoms. The molecule has 1 heterocycles. The number of non-ortho nitro benzene ring substituents is 1. The second kappa shape index (κ2) is 10.6. The zero-order chi connectivity index (χ0) is 23.1. The molecule has 9 heteroatoms. The van der Waals surface area contributed by atoms with Gasteiger partial charge in [0.15, 0.2) is 0 Å². The highest BCUT2D eigenvalue weighted by Gasteiger charge is 2.27. The molecule has 1 fully saturated rings. The minimum atomic E-state index is -0.544. The molecule has 1 saturated heterocycles. The van der Waals surface area contributed by atoms with Crippen LogP contribution in [0.5, 0.6) is 11.5 Å². The van der Waals surface area contributed by atoms with Crippen molar-refractivity contribution in [1.29, 1.82) is 0 Å². The van der Waals surface area contributed by atoms with Crippen LogP contribution in [0, 0.1) is 16.0 Å². The van der Waals surface area contributed by atoms with Crippen LogP contribution >= 0.6 is 0 Å². The van der Waals surface area contributed by atoms with E-state index in [-0.39, 0.29) is 28.8 Å². The third-order valence-corrected chi connectivity index (χ3v) is 4.96. The SMILES string of the molecule is CC(C)COC(=O)N1CCCN(C(=O)c2cc([N+](=O)[O-])ccc2Oc2ccccc2)CC1. The summed E-state index contributed by atoms with van der Waals surface area (Å²) in [5, 5.41) is 11.3. The van der Waals surface area contributed by atoms with Gasteiger partial charge < -0.3 is 19.3 Å². The molecule has 0 N–H and O–H groups in total. The number of benzene rings is 2. The molecular weight excluding hydrogens is 414 g/mol. The van der Waals surface area contributed by atoms with Gasteiger partial charge in [-0.2, -0.15) is 0 Å². The lowest BCUT2D eigenvalue weighted by atomic mass is 10.1. The average molecular weight is 441 g/mol. The van der Waals surface area contributed by atoms with Crippen molar-refractivity contribution in [2.75, 3.05) is 32.8 Å². The van der Waals surface area contributed by atoms with Crippen molar-refractivity contribution in [2.24, 2.45) is 5.92 Å². The van der Waals surface area contributed by atoms with Crippen LogP contribution in [-0.2, 0) is 4.74 Å². The van der Waals surface area contributed by atoms with E-state index in [4.69, 9.17) is 9.47 Å². The Balaban J connectivity index is 1.77. The molecule has 2 aromatic rings. The second-order valence-electron chi connectivity index (χ2n) is 7.96. The molecule has 1 aliphatic rings.